The maximum Gasteiger partial charge on any atom is 0.340 e. The molecule has 0 unspecified atom stereocenters. The standard InChI is InChI=1S/C20H13BrN2O6/c21-4-10-8-2-15-16(29-7-28-15)3-13(8)22-17-11(10)5-23-14(17)1-9-12(19(23)25)6-27-20(26)18(9)24/h1-3,18,24H,4-7H2/t18-/m0/s1. The van der Waals surface area contributed by atoms with Gasteiger partial charge in [-0.05, 0) is 17.7 Å². The zero-order valence-corrected chi connectivity index (χ0v) is 16.5. The molecule has 9 heteroatoms. The molecule has 1 aromatic carbocycles. The van der Waals surface area contributed by atoms with Crippen LogP contribution in [0.15, 0.2) is 23.0 Å². The molecule has 146 valence electrons. The average Bonchev–Trinajstić information content (AvgIpc) is 3.32. The first-order chi connectivity index (χ1) is 14.1. The van der Waals surface area contributed by atoms with E-state index < -0.39 is 12.1 Å². The number of esters is 1. The number of alkyl halides is 1. The zero-order valence-electron chi connectivity index (χ0n) is 14.9. The van der Waals surface area contributed by atoms with Crippen LogP contribution < -0.4 is 15.0 Å². The van der Waals surface area contributed by atoms with E-state index in [2.05, 4.69) is 15.9 Å². The largest absolute Gasteiger partial charge is 0.458 e. The molecule has 0 spiro atoms. The highest BCUT2D eigenvalue weighted by atomic mass is 79.9. The van der Waals surface area contributed by atoms with Crippen molar-refractivity contribution in [3.8, 4) is 22.9 Å². The molecule has 0 aliphatic carbocycles. The number of fused-ring (bicyclic) bond motifs is 6. The van der Waals surface area contributed by atoms with Gasteiger partial charge in [0.1, 0.15) is 6.61 Å². The number of carbonyl (C=O) groups is 1. The number of hydrogen-bond acceptors (Lipinski definition) is 7. The van der Waals surface area contributed by atoms with Gasteiger partial charge in [0.2, 0.25) is 6.79 Å². The van der Waals surface area contributed by atoms with Crippen molar-refractivity contribution < 1.29 is 24.1 Å². The molecule has 0 saturated carbocycles. The Morgan fingerprint density at radius 2 is 1.93 bits per heavy atom. The zero-order chi connectivity index (χ0) is 19.9. The topological polar surface area (TPSA) is 99.9 Å². The minimum absolute atomic E-state index is 0.136. The molecule has 0 fully saturated rings. The van der Waals surface area contributed by atoms with E-state index in [1.54, 1.807) is 10.6 Å². The number of aliphatic hydroxyl groups is 1. The second-order valence-electron chi connectivity index (χ2n) is 7.14. The van der Waals surface area contributed by atoms with E-state index >= 15 is 0 Å². The Kier molecular flexibility index (Phi) is 3.40. The highest BCUT2D eigenvalue weighted by Crippen LogP contribution is 2.42. The van der Waals surface area contributed by atoms with E-state index in [9.17, 15) is 14.7 Å². The van der Waals surface area contributed by atoms with Gasteiger partial charge in [0, 0.05) is 27.9 Å². The summed E-state index contributed by atoms with van der Waals surface area (Å²) < 4.78 is 17.5. The van der Waals surface area contributed by atoms with Crippen molar-refractivity contribution in [3.63, 3.8) is 0 Å². The Labute approximate surface area is 171 Å². The molecule has 3 aliphatic rings. The highest BCUT2D eigenvalue weighted by Gasteiger charge is 2.34. The first-order valence-corrected chi connectivity index (χ1v) is 10.1. The van der Waals surface area contributed by atoms with Crippen molar-refractivity contribution in [3.05, 3.63) is 50.8 Å². The first-order valence-electron chi connectivity index (χ1n) is 8.99. The van der Waals surface area contributed by atoms with Crippen molar-refractivity contribution in [1.29, 1.82) is 0 Å². The lowest BCUT2D eigenvalue weighted by Gasteiger charge is -2.21. The smallest absolute Gasteiger partial charge is 0.340 e. The van der Waals surface area contributed by atoms with Gasteiger partial charge >= 0.3 is 5.97 Å². The summed E-state index contributed by atoms with van der Waals surface area (Å²) in [6.45, 7) is 0.398. The van der Waals surface area contributed by atoms with Gasteiger partial charge in [0.25, 0.3) is 5.56 Å². The van der Waals surface area contributed by atoms with Crippen LogP contribution >= 0.6 is 15.9 Å². The van der Waals surface area contributed by atoms with E-state index in [4.69, 9.17) is 19.2 Å². The summed E-state index contributed by atoms with van der Waals surface area (Å²) in [5.41, 5.74) is 4.22. The maximum atomic E-state index is 13.1. The Hall–Kier alpha value is -2.91. The molecule has 3 aliphatic heterocycles. The lowest BCUT2D eigenvalue weighted by atomic mass is 9.99. The van der Waals surface area contributed by atoms with Crippen molar-refractivity contribution in [2.75, 3.05) is 6.79 Å². The molecule has 3 aromatic rings. The summed E-state index contributed by atoms with van der Waals surface area (Å²) in [5, 5.41) is 11.7. The number of benzene rings is 1. The average molecular weight is 457 g/mol. The molecular formula is C20H13BrN2O6. The van der Waals surface area contributed by atoms with Gasteiger partial charge in [0.15, 0.2) is 17.6 Å². The summed E-state index contributed by atoms with van der Waals surface area (Å²) in [6, 6.07) is 5.42. The van der Waals surface area contributed by atoms with Gasteiger partial charge in [-0.15, -0.1) is 0 Å². The second kappa shape index (κ2) is 5.80. The number of halogens is 1. The Morgan fingerprint density at radius 1 is 1.14 bits per heavy atom. The summed E-state index contributed by atoms with van der Waals surface area (Å²) in [6.07, 6.45) is -1.47. The fourth-order valence-electron chi connectivity index (χ4n) is 4.25. The SMILES string of the molecule is O=C1OCc2c(cc3n(c2=O)Cc2c-3nc3cc4c(cc3c2CBr)OCO4)[C@@H]1O. The third kappa shape index (κ3) is 2.19. The quantitative estimate of drug-likeness (QED) is 0.345. The van der Waals surface area contributed by atoms with Crippen LogP contribution in [0.4, 0.5) is 0 Å². The van der Waals surface area contributed by atoms with Crippen LogP contribution in [0.3, 0.4) is 0 Å². The minimum Gasteiger partial charge on any atom is -0.458 e. The van der Waals surface area contributed by atoms with E-state index in [0.717, 1.165) is 22.0 Å². The molecule has 6 rings (SSSR count). The third-order valence-electron chi connectivity index (χ3n) is 5.70. The highest BCUT2D eigenvalue weighted by molar-refractivity contribution is 9.08. The number of carbonyl (C=O) groups excluding carboxylic acids is 1. The minimum atomic E-state index is -1.47. The fraction of sp³-hybridized carbons (Fsp3) is 0.250. The van der Waals surface area contributed by atoms with Gasteiger partial charge < -0.3 is 23.9 Å². The number of aromatic nitrogens is 2. The van der Waals surface area contributed by atoms with Gasteiger partial charge in [-0.3, -0.25) is 4.79 Å². The lowest BCUT2D eigenvalue weighted by molar-refractivity contribution is -0.157. The van der Waals surface area contributed by atoms with Crippen LogP contribution in [0.25, 0.3) is 22.3 Å². The van der Waals surface area contributed by atoms with Crippen LogP contribution in [-0.2, 0) is 28.0 Å². The summed E-state index contributed by atoms with van der Waals surface area (Å²) in [4.78, 5) is 29.6. The number of hydrogen-bond donors (Lipinski definition) is 1. The third-order valence-corrected chi connectivity index (χ3v) is 6.26. The van der Waals surface area contributed by atoms with Gasteiger partial charge in [-0.2, -0.15) is 0 Å². The Morgan fingerprint density at radius 3 is 2.72 bits per heavy atom. The summed E-state index contributed by atoms with van der Waals surface area (Å²) in [5.74, 6) is 0.549. The van der Waals surface area contributed by atoms with E-state index in [-0.39, 0.29) is 19.0 Å². The van der Waals surface area contributed by atoms with Crippen molar-refractivity contribution >= 4 is 32.8 Å². The molecule has 5 heterocycles. The number of nitrogens with zero attached hydrogens (tertiary/aromatic N) is 2. The normalized spacial score (nSPS) is 18.4. The first kappa shape index (κ1) is 17.0. The molecule has 2 aromatic heterocycles. The van der Waals surface area contributed by atoms with Crippen molar-refractivity contribution in [2.45, 2.75) is 24.6 Å². The molecule has 0 bridgehead atoms. The summed E-state index contributed by atoms with van der Waals surface area (Å²) in [7, 11) is 0. The Balaban J connectivity index is 1.65. The van der Waals surface area contributed by atoms with E-state index in [1.807, 2.05) is 12.1 Å². The van der Waals surface area contributed by atoms with E-state index in [1.165, 1.54) is 0 Å². The monoisotopic (exact) mass is 456 g/mol. The van der Waals surface area contributed by atoms with Gasteiger partial charge in [-0.25, -0.2) is 9.78 Å². The molecular weight excluding hydrogens is 444 g/mol. The van der Waals surface area contributed by atoms with Crippen molar-refractivity contribution in [1.82, 2.24) is 9.55 Å². The van der Waals surface area contributed by atoms with Crippen LogP contribution in [0.1, 0.15) is 28.4 Å². The van der Waals surface area contributed by atoms with Crippen molar-refractivity contribution in [2.24, 2.45) is 0 Å². The van der Waals surface area contributed by atoms with Crippen LogP contribution in [0.2, 0.25) is 0 Å². The van der Waals surface area contributed by atoms with Crippen LogP contribution in [0, 0.1) is 0 Å². The maximum absolute atomic E-state index is 13.1. The number of pyridine rings is 2. The number of ether oxygens (including phenoxy) is 3. The van der Waals surface area contributed by atoms with E-state index in [0.29, 0.717) is 45.9 Å². The predicted octanol–water partition coefficient (Wildman–Crippen LogP) is 2.14. The van der Waals surface area contributed by atoms with Gasteiger partial charge in [-0.1, -0.05) is 15.9 Å². The predicted molar refractivity (Wildman–Crippen MR) is 104 cm³/mol. The molecule has 1 N–H and O–H groups in total. The number of cyclic esters (lactones) is 1. The molecule has 8 nitrogen and oxygen atoms in total. The number of aliphatic hydroxyl groups excluding tert-OH is 1. The molecule has 29 heavy (non-hydrogen) atoms. The Bertz CT molecular complexity index is 1320. The second-order valence-corrected chi connectivity index (χ2v) is 7.70. The van der Waals surface area contributed by atoms with Crippen LogP contribution in [-0.4, -0.2) is 27.4 Å². The molecule has 0 radical (unpaired) electrons. The van der Waals surface area contributed by atoms with Crippen LogP contribution in [0.5, 0.6) is 11.5 Å². The van der Waals surface area contributed by atoms with Gasteiger partial charge in [0.05, 0.1) is 29.0 Å². The molecule has 1 atom stereocenters. The molecule has 0 saturated heterocycles. The summed E-state index contributed by atoms with van der Waals surface area (Å²) >= 11 is 3.57. The fourth-order valence-corrected chi connectivity index (χ4v) is 4.89. The molecule has 0 amide bonds. The number of rotatable bonds is 1. The lowest BCUT2D eigenvalue weighted by Crippen LogP contribution is -2.32.